The number of hydrogen-bond acceptors (Lipinski definition) is 4. The van der Waals surface area contributed by atoms with Crippen LogP contribution in [0.15, 0.2) is 29.4 Å². The topological polar surface area (TPSA) is 112 Å². The van der Waals surface area contributed by atoms with E-state index < -0.39 is 33.1 Å². The molecule has 2 rings (SSSR count). The number of carbonyl (C=O) groups is 1. The molecule has 0 fully saturated rings. The first-order chi connectivity index (χ1) is 9.31. The fraction of sp³-hybridized carbons (Fsp3) is 0.0909. The van der Waals surface area contributed by atoms with E-state index in [0.29, 0.717) is 5.82 Å². The number of carboxylic acid groups (broad SMARTS) is 1. The lowest BCUT2D eigenvalue weighted by Crippen LogP contribution is -2.17. The summed E-state index contributed by atoms with van der Waals surface area (Å²) in [4.78, 5) is 17.2. The highest BCUT2D eigenvalue weighted by Crippen LogP contribution is 2.23. The summed E-state index contributed by atoms with van der Waals surface area (Å²) < 4.78 is 39.6. The van der Waals surface area contributed by atoms with Gasteiger partial charge in [-0.25, -0.2) is 14.2 Å². The van der Waals surface area contributed by atoms with Gasteiger partial charge >= 0.3 is 5.97 Å². The lowest BCUT2D eigenvalue weighted by Gasteiger charge is -2.10. The Kier molecular flexibility index (Phi) is 3.45. The highest BCUT2D eigenvalue weighted by molar-refractivity contribution is 7.92. The van der Waals surface area contributed by atoms with E-state index in [0.717, 1.165) is 18.3 Å². The number of sulfonamides is 1. The van der Waals surface area contributed by atoms with Crippen LogP contribution in [0.1, 0.15) is 16.2 Å². The maximum Gasteiger partial charge on any atom is 0.337 e. The van der Waals surface area contributed by atoms with Crippen LogP contribution in [0.2, 0.25) is 0 Å². The summed E-state index contributed by atoms with van der Waals surface area (Å²) in [6, 6.07) is 3.24. The van der Waals surface area contributed by atoms with E-state index in [9.17, 15) is 17.6 Å². The number of H-pyrrole nitrogens is 1. The minimum atomic E-state index is -4.14. The summed E-state index contributed by atoms with van der Waals surface area (Å²) in [7, 11) is -4.14. The Hall–Kier alpha value is -2.42. The number of halogens is 1. The summed E-state index contributed by atoms with van der Waals surface area (Å²) in [5.41, 5.74) is -1.10. The number of nitrogens with zero attached hydrogens (tertiary/aromatic N) is 1. The van der Waals surface area contributed by atoms with Gasteiger partial charge in [0.05, 0.1) is 17.4 Å². The molecule has 0 aliphatic heterocycles. The third-order valence-electron chi connectivity index (χ3n) is 2.45. The Morgan fingerprint density at radius 2 is 2.15 bits per heavy atom. The maximum atomic E-state index is 13.6. The Morgan fingerprint density at radius 1 is 1.45 bits per heavy atom. The van der Waals surface area contributed by atoms with Crippen LogP contribution in [0, 0.1) is 12.7 Å². The zero-order valence-electron chi connectivity index (χ0n) is 10.2. The SMILES string of the molecule is Cc1ncc(S(=O)(=O)Nc2c(F)cccc2C(=O)O)[nH]1. The van der Waals surface area contributed by atoms with Crippen LogP contribution in [-0.4, -0.2) is 29.5 Å². The number of aromatic carboxylic acids is 1. The molecule has 3 N–H and O–H groups in total. The molecule has 1 aromatic heterocycles. The summed E-state index contributed by atoms with van der Waals surface area (Å²) in [6.07, 6.45) is 1.05. The van der Waals surface area contributed by atoms with Crippen molar-refractivity contribution < 1.29 is 22.7 Å². The number of aromatic nitrogens is 2. The number of anilines is 1. The van der Waals surface area contributed by atoms with Gasteiger partial charge in [-0.05, 0) is 19.1 Å². The fourth-order valence-electron chi connectivity index (χ4n) is 1.53. The van der Waals surface area contributed by atoms with E-state index in [1.165, 1.54) is 6.07 Å². The zero-order chi connectivity index (χ0) is 14.9. The number of imidazole rings is 1. The van der Waals surface area contributed by atoms with Crippen molar-refractivity contribution in [2.24, 2.45) is 0 Å². The molecule has 7 nitrogen and oxygen atoms in total. The van der Waals surface area contributed by atoms with Crippen LogP contribution in [0.4, 0.5) is 10.1 Å². The molecule has 0 spiro atoms. The third-order valence-corrected chi connectivity index (χ3v) is 3.71. The number of benzene rings is 1. The maximum absolute atomic E-state index is 13.6. The first-order valence-electron chi connectivity index (χ1n) is 5.37. The highest BCUT2D eigenvalue weighted by atomic mass is 32.2. The molecule has 0 saturated carbocycles. The lowest BCUT2D eigenvalue weighted by molar-refractivity contribution is 0.0697. The number of aromatic amines is 1. The van der Waals surface area contributed by atoms with Gasteiger partial charge in [-0.15, -0.1) is 0 Å². The Morgan fingerprint density at radius 3 is 2.70 bits per heavy atom. The van der Waals surface area contributed by atoms with Crippen molar-refractivity contribution in [3.63, 3.8) is 0 Å². The highest BCUT2D eigenvalue weighted by Gasteiger charge is 2.22. The van der Waals surface area contributed by atoms with Gasteiger partial charge in [-0.1, -0.05) is 6.07 Å². The van der Waals surface area contributed by atoms with Crippen molar-refractivity contribution in [3.05, 3.63) is 41.6 Å². The Balaban J connectivity index is 2.47. The summed E-state index contributed by atoms with van der Waals surface area (Å²) in [5.74, 6) is -2.06. The predicted molar refractivity (Wildman–Crippen MR) is 67.5 cm³/mol. The molecule has 0 bridgehead atoms. The molecule has 0 radical (unpaired) electrons. The summed E-state index contributed by atoms with van der Waals surface area (Å²) >= 11 is 0. The van der Waals surface area contributed by atoms with Gasteiger partial charge < -0.3 is 10.1 Å². The molecular formula is C11H10FN3O4S. The molecule has 0 saturated heterocycles. The molecule has 1 heterocycles. The van der Waals surface area contributed by atoms with Crippen LogP contribution in [0.5, 0.6) is 0 Å². The van der Waals surface area contributed by atoms with Gasteiger partial charge in [0.25, 0.3) is 10.0 Å². The van der Waals surface area contributed by atoms with Gasteiger partial charge in [0.1, 0.15) is 11.6 Å². The second kappa shape index (κ2) is 4.93. The van der Waals surface area contributed by atoms with Gasteiger partial charge in [-0.3, -0.25) is 4.72 Å². The van der Waals surface area contributed by atoms with E-state index in [2.05, 4.69) is 9.97 Å². The normalized spacial score (nSPS) is 11.3. The Bertz CT molecular complexity index is 770. The first-order valence-corrected chi connectivity index (χ1v) is 6.86. The smallest absolute Gasteiger partial charge is 0.337 e. The van der Waals surface area contributed by atoms with Crippen molar-refractivity contribution >= 4 is 21.7 Å². The van der Waals surface area contributed by atoms with E-state index in [1.807, 2.05) is 4.72 Å². The van der Waals surface area contributed by atoms with Crippen molar-refractivity contribution in [1.29, 1.82) is 0 Å². The first kappa shape index (κ1) is 14.0. The van der Waals surface area contributed by atoms with E-state index in [-0.39, 0.29) is 5.03 Å². The lowest BCUT2D eigenvalue weighted by atomic mass is 10.2. The van der Waals surface area contributed by atoms with Crippen molar-refractivity contribution in [1.82, 2.24) is 9.97 Å². The molecule has 0 amide bonds. The molecule has 106 valence electrons. The van der Waals surface area contributed by atoms with Gasteiger partial charge in [0.15, 0.2) is 5.03 Å². The van der Waals surface area contributed by atoms with Gasteiger partial charge in [0, 0.05) is 0 Å². The molecule has 0 atom stereocenters. The Labute approximate surface area is 113 Å². The molecule has 2 aromatic rings. The van der Waals surface area contributed by atoms with Crippen LogP contribution >= 0.6 is 0 Å². The monoisotopic (exact) mass is 299 g/mol. The number of para-hydroxylation sites is 1. The second-order valence-electron chi connectivity index (χ2n) is 3.91. The van der Waals surface area contributed by atoms with Crippen LogP contribution in [0.3, 0.4) is 0 Å². The van der Waals surface area contributed by atoms with Crippen LogP contribution < -0.4 is 4.72 Å². The molecule has 0 aliphatic rings. The minimum absolute atomic E-state index is 0.283. The number of carboxylic acids is 1. The van der Waals surface area contributed by atoms with Gasteiger partial charge in [0.2, 0.25) is 0 Å². The quantitative estimate of drug-likeness (QED) is 0.789. The number of hydrogen-bond donors (Lipinski definition) is 3. The number of aryl methyl sites for hydroxylation is 1. The third kappa shape index (κ3) is 2.62. The molecule has 20 heavy (non-hydrogen) atoms. The number of rotatable bonds is 4. The molecular weight excluding hydrogens is 289 g/mol. The van der Waals surface area contributed by atoms with Crippen LogP contribution in [0.25, 0.3) is 0 Å². The standard InChI is InChI=1S/C11H10FN3O4S/c1-6-13-5-9(14-6)20(18,19)15-10-7(11(16)17)3-2-4-8(10)12/h2-5,15H,1H3,(H,13,14)(H,16,17). The number of nitrogens with one attached hydrogen (secondary N) is 2. The fourth-order valence-corrected chi connectivity index (χ4v) is 2.59. The summed E-state index contributed by atoms with van der Waals surface area (Å²) in [6.45, 7) is 1.55. The molecule has 1 aromatic carbocycles. The minimum Gasteiger partial charge on any atom is -0.478 e. The zero-order valence-corrected chi connectivity index (χ0v) is 11.0. The van der Waals surface area contributed by atoms with E-state index in [1.54, 1.807) is 6.92 Å². The second-order valence-corrected chi connectivity index (χ2v) is 5.56. The average molecular weight is 299 g/mol. The molecule has 0 aliphatic carbocycles. The average Bonchev–Trinajstić information content (AvgIpc) is 2.79. The van der Waals surface area contributed by atoms with Crippen molar-refractivity contribution in [3.8, 4) is 0 Å². The van der Waals surface area contributed by atoms with Crippen molar-refractivity contribution in [2.75, 3.05) is 4.72 Å². The van der Waals surface area contributed by atoms with E-state index in [4.69, 9.17) is 5.11 Å². The predicted octanol–water partition coefficient (Wildman–Crippen LogP) is 1.36. The molecule has 9 heteroatoms. The van der Waals surface area contributed by atoms with E-state index >= 15 is 0 Å². The molecule has 0 unspecified atom stereocenters. The van der Waals surface area contributed by atoms with Gasteiger partial charge in [-0.2, -0.15) is 8.42 Å². The summed E-state index contributed by atoms with van der Waals surface area (Å²) in [5, 5.41) is 8.66. The largest absolute Gasteiger partial charge is 0.478 e. The van der Waals surface area contributed by atoms with Crippen LogP contribution in [-0.2, 0) is 10.0 Å². The van der Waals surface area contributed by atoms with Crippen molar-refractivity contribution in [2.45, 2.75) is 11.9 Å².